The predicted octanol–water partition coefficient (Wildman–Crippen LogP) is 0.577. The number of rotatable bonds is 2. The Morgan fingerprint density at radius 2 is 2.36 bits per heavy atom. The molecule has 1 unspecified atom stereocenters. The number of piperidine rings is 1. The number of amides is 1. The molecule has 0 saturated carbocycles. The number of thiol groups is 1. The molecule has 1 heterocycles. The highest BCUT2D eigenvalue weighted by Crippen LogP contribution is 2.25. The third-order valence-corrected chi connectivity index (χ3v) is 2.48. The van der Waals surface area contributed by atoms with Gasteiger partial charge in [-0.05, 0) is 6.42 Å². The van der Waals surface area contributed by atoms with Crippen LogP contribution < -0.4 is 0 Å². The second-order valence-electron chi connectivity index (χ2n) is 2.89. The molecule has 0 aromatic carbocycles. The number of carboxylic acids is 1. The number of carboxylic acid groups (broad SMARTS) is 1. The molecule has 2 radical (unpaired) electrons. The highest BCUT2D eigenvalue weighted by atomic mass is 35.5. The Bertz CT molecular complexity index is 249. The molecule has 1 amide bonds. The van der Waals surface area contributed by atoms with E-state index >= 15 is 0 Å². The fraction of sp³-hybridized carbons (Fsp3) is 0.500. The SMILES string of the molecule is O=C(O)[C]1[CH]CC(Cl)CN1C(=O)CS. The fourth-order valence-corrected chi connectivity index (χ4v) is 1.64. The molecule has 4 nitrogen and oxygen atoms in total. The molecule has 1 atom stereocenters. The van der Waals surface area contributed by atoms with Crippen LogP contribution >= 0.6 is 24.2 Å². The van der Waals surface area contributed by atoms with Gasteiger partial charge in [-0.2, -0.15) is 12.6 Å². The number of hydrogen-bond acceptors (Lipinski definition) is 3. The van der Waals surface area contributed by atoms with Crippen molar-refractivity contribution in [2.45, 2.75) is 11.8 Å². The third kappa shape index (κ3) is 2.54. The molecule has 0 aromatic rings. The van der Waals surface area contributed by atoms with Crippen molar-refractivity contribution in [3.63, 3.8) is 0 Å². The van der Waals surface area contributed by atoms with Gasteiger partial charge in [-0.3, -0.25) is 4.79 Å². The number of likely N-dealkylation sites (tertiary alicyclic amines) is 1. The normalized spacial score (nSPS) is 23.6. The molecule has 14 heavy (non-hydrogen) atoms. The summed E-state index contributed by atoms with van der Waals surface area (Å²) in [6.07, 6.45) is 1.93. The Labute approximate surface area is 92.6 Å². The van der Waals surface area contributed by atoms with Crippen LogP contribution in [0.25, 0.3) is 0 Å². The van der Waals surface area contributed by atoms with Crippen LogP contribution in [0.2, 0.25) is 0 Å². The van der Waals surface area contributed by atoms with E-state index in [1.807, 2.05) is 0 Å². The molecule has 0 bridgehead atoms. The summed E-state index contributed by atoms with van der Waals surface area (Å²) in [5.74, 6) is -1.47. The number of halogens is 1. The van der Waals surface area contributed by atoms with E-state index in [2.05, 4.69) is 12.6 Å². The van der Waals surface area contributed by atoms with E-state index in [1.165, 1.54) is 6.42 Å². The van der Waals surface area contributed by atoms with Gasteiger partial charge in [-0.25, -0.2) is 4.79 Å². The van der Waals surface area contributed by atoms with Gasteiger partial charge in [-0.1, -0.05) is 0 Å². The average Bonchev–Trinajstić information content (AvgIpc) is 2.16. The van der Waals surface area contributed by atoms with Crippen molar-refractivity contribution in [2.75, 3.05) is 12.3 Å². The zero-order valence-electron chi connectivity index (χ0n) is 7.31. The molecular weight excluding hydrogens is 226 g/mol. The Hall–Kier alpha value is -0.420. The second kappa shape index (κ2) is 4.89. The monoisotopic (exact) mass is 235 g/mol. The summed E-state index contributed by atoms with van der Waals surface area (Å²) in [5, 5.41) is 8.59. The first-order valence-electron chi connectivity index (χ1n) is 4.05. The fourth-order valence-electron chi connectivity index (χ4n) is 1.24. The summed E-state index contributed by atoms with van der Waals surface area (Å²) in [5.41, 5.74) is 0. The molecule has 1 rings (SSSR count). The molecule has 1 aliphatic rings. The molecule has 0 spiro atoms. The van der Waals surface area contributed by atoms with Gasteiger partial charge in [0, 0.05) is 13.0 Å². The number of nitrogens with zero attached hydrogens (tertiary/aromatic N) is 1. The van der Waals surface area contributed by atoms with Crippen molar-refractivity contribution in [1.82, 2.24) is 4.90 Å². The summed E-state index contributed by atoms with van der Waals surface area (Å²) in [6.45, 7) is 0.235. The van der Waals surface area contributed by atoms with Crippen LogP contribution in [0.4, 0.5) is 0 Å². The number of carbonyl (C=O) groups is 2. The maximum absolute atomic E-state index is 11.3. The summed E-state index contributed by atoms with van der Waals surface area (Å²) >= 11 is 9.64. The number of hydrogen-bond donors (Lipinski definition) is 2. The standard InChI is InChI=1S/C8H10ClNO3S/c9-5-1-2-6(8(12)13)10(3-5)7(11)4-14/h2,5,14H,1,3-4H2,(H,12,13). The first-order chi connectivity index (χ1) is 6.56. The minimum Gasteiger partial charge on any atom is -0.479 e. The van der Waals surface area contributed by atoms with Crippen LogP contribution in [-0.4, -0.2) is 39.6 Å². The topological polar surface area (TPSA) is 57.6 Å². The Balaban J connectivity index is 2.73. The van der Waals surface area contributed by atoms with Crippen LogP contribution in [0.5, 0.6) is 0 Å². The van der Waals surface area contributed by atoms with Crippen molar-refractivity contribution in [3.05, 3.63) is 12.5 Å². The molecular formula is C8H10ClNO3S. The molecule has 1 saturated heterocycles. The number of alkyl halides is 1. The summed E-state index contributed by atoms with van der Waals surface area (Å²) < 4.78 is 0. The minimum atomic E-state index is -1.11. The number of aliphatic carboxylic acids is 1. The maximum Gasteiger partial charge on any atom is 0.333 e. The average molecular weight is 236 g/mol. The molecule has 0 aromatic heterocycles. The highest BCUT2D eigenvalue weighted by Gasteiger charge is 2.35. The van der Waals surface area contributed by atoms with Crippen molar-refractivity contribution in [2.24, 2.45) is 0 Å². The molecule has 1 N–H and O–H groups in total. The van der Waals surface area contributed by atoms with Gasteiger partial charge in [0.05, 0.1) is 11.1 Å². The summed E-state index contributed by atoms with van der Waals surface area (Å²) in [6, 6.07) is 0.000880. The minimum absolute atomic E-state index is 0.000880. The van der Waals surface area contributed by atoms with E-state index in [0.29, 0.717) is 6.42 Å². The second-order valence-corrected chi connectivity index (χ2v) is 3.82. The Kier molecular flexibility index (Phi) is 4.07. The summed E-state index contributed by atoms with van der Waals surface area (Å²) in [4.78, 5) is 23.2. The van der Waals surface area contributed by atoms with E-state index in [0.717, 1.165) is 4.90 Å². The smallest absolute Gasteiger partial charge is 0.333 e. The Morgan fingerprint density at radius 1 is 1.71 bits per heavy atom. The molecule has 0 aliphatic carbocycles. The van der Waals surface area contributed by atoms with Crippen LogP contribution in [0.3, 0.4) is 0 Å². The zero-order valence-corrected chi connectivity index (χ0v) is 8.96. The van der Waals surface area contributed by atoms with Crippen LogP contribution in [-0.2, 0) is 9.59 Å². The van der Waals surface area contributed by atoms with Crippen LogP contribution in [0.15, 0.2) is 0 Å². The Morgan fingerprint density at radius 3 is 2.86 bits per heavy atom. The van der Waals surface area contributed by atoms with Gasteiger partial charge in [0.2, 0.25) is 5.91 Å². The lowest BCUT2D eigenvalue weighted by atomic mass is 10.0. The lowest BCUT2D eigenvalue weighted by Crippen LogP contribution is -2.46. The van der Waals surface area contributed by atoms with Crippen LogP contribution in [0.1, 0.15) is 6.42 Å². The van der Waals surface area contributed by atoms with Gasteiger partial charge in [0.15, 0.2) is 6.04 Å². The van der Waals surface area contributed by atoms with Gasteiger partial charge >= 0.3 is 5.97 Å². The van der Waals surface area contributed by atoms with Crippen molar-refractivity contribution < 1.29 is 14.7 Å². The summed E-state index contributed by atoms with van der Waals surface area (Å²) in [7, 11) is 0. The first kappa shape index (κ1) is 11.7. The first-order valence-corrected chi connectivity index (χ1v) is 5.12. The highest BCUT2D eigenvalue weighted by molar-refractivity contribution is 7.81. The zero-order chi connectivity index (χ0) is 10.7. The third-order valence-electron chi connectivity index (χ3n) is 1.89. The quantitative estimate of drug-likeness (QED) is 0.544. The van der Waals surface area contributed by atoms with Gasteiger partial charge in [-0.15, -0.1) is 11.6 Å². The van der Waals surface area contributed by atoms with Crippen LogP contribution in [0, 0.1) is 12.5 Å². The van der Waals surface area contributed by atoms with Crippen molar-refractivity contribution in [1.29, 1.82) is 0 Å². The van der Waals surface area contributed by atoms with Crippen molar-refractivity contribution in [3.8, 4) is 0 Å². The predicted molar refractivity (Wildman–Crippen MR) is 55.0 cm³/mol. The van der Waals surface area contributed by atoms with Gasteiger partial charge in [0.25, 0.3) is 0 Å². The van der Waals surface area contributed by atoms with E-state index < -0.39 is 5.97 Å². The largest absolute Gasteiger partial charge is 0.479 e. The van der Waals surface area contributed by atoms with Gasteiger partial charge in [0.1, 0.15) is 0 Å². The molecule has 6 heteroatoms. The van der Waals surface area contributed by atoms with E-state index in [9.17, 15) is 9.59 Å². The van der Waals surface area contributed by atoms with E-state index in [1.54, 1.807) is 0 Å². The van der Waals surface area contributed by atoms with Gasteiger partial charge < -0.3 is 10.0 Å². The van der Waals surface area contributed by atoms with E-state index in [-0.39, 0.29) is 29.6 Å². The maximum atomic E-state index is 11.3. The molecule has 1 fully saturated rings. The van der Waals surface area contributed by atoms with Crippen molar-refractivity contribution >= 4 is 36.1 Å². The lowest BCUT2D eigenvalue weighted by molar-refractivity contribution is -0.142. The molecule has 78 valence electrons. The number of carbonyl (C=O) groups excluding carboxylic acids is 1. The lowest BCUT2D eigenvalue weighted by Gasteiger charge is -2.33. The van der Waals surface area contributed by atoms with E-state index in [4.69, 9.17) is 16.7 Å². The molecule has 1 aliphatic heterocycles.